The molecule has 0 amide bonds. The lowest BCUT2D eigenvalue weighted by Gasteiger charge is -2.18. The molecule has 2 aromatic rings. The predicted octanol–water partition coefficient (Wildman–Crippen LogP) is 1.18. The first-order valence-corrected chi connectivity index (χ1v) is 5.39. The van der Waals surface area contributed by atoms with Gasteiger partial charge in [0.25, 0.3) is 0 Å². The Morgan fingerprint density at radius 2 is 2.25 bits per heavy atom. The molecule has 0 saturated heterocycles. The monoisotopic (exact) mass is 212 g/mol. The highest BCUT2D eigenvalue weighted by Gasteiger charge is 2.15. The maximum absolute atomic E-state index is 4.37. The highest BCUT2D eigenvalue weighted by atomic mass is 14.9. The summed E-state index contributed by atoms with van der Waals surface area (Å²) in [6.45, 7) is 1.84. The lowest BCUT2D eigenvalue weighted by atomic mass is 10.0. The zero-order chi connectivity index (χ0) is 10.8. The fraction of sp³-hybridized carbons (Fsp3) is 0.250. The van der Waals surface area contributed by atoms with Gasteiger partial charge in [-0.25, -0.2) is 9.97 Å². The summed E-state index contributed by atoms with van der Waals surface area (Å²) >= 11 is 0. The first-order valence-electron chi connectivity index (χ1n) is 5.39. The van der Waals surface area contributed by atoms with Crippen molar-refractivity contribution in [3.8, 4) is 11.3 Å². The molecule has 0 spiro atoms. The van der Waals surface area contributed by atoms with Gasteiger partial charge in [0, 0.05) is 43.0 Å². The van der Waals surface area contributed by atoms with Gasteiger partial charge in [0.2, 0.25) is 0 Å². The van der Waals surface area contributed by atoms with Crippen LogP contribution in [-0.2, 0) is 13.0 Å². The summed E-state index contributed by atoms with van der Waals surface area (Å²) in [4.78, 5) is 12.8. The number of hydrogen-bond acceptors (Lipinski definition) is 4. The molecule has 4 nitrogen and oxygen atoms in total. The lowest BCUT2D eigenvalue weighted by molar-refractivity contribution is 0.627. The predicted molar refractivity (Wildman–Crippen MR) is 60.7 cm³/mol. The second-order valence-corrected chi connectivity index (χ2v) is 3.82. The van der Waals surface area contributed by atoms with Gasteiger partial charge in [0.1, 0.15) is 6.33 Å². The van der Waals surface area contributed by atoms with Crippen molar-refractivity contribution >= 4 is 0 Å². The van der Waals surface area contributed by atoms with Crippen molar-refractivity contribution < 1.29 is 0 Å². The Bertz CT molecular complexity index is 496. The van der Waals surface area contributed by atoms with Gasteiger partial charge in [-0.2, -0.15) is 0 Å². The Morgan fingerprint density at radius 1 is 1.25 bits per heavy atom. The van der Waals surface area contributed by atoms with Gasteiger partial charge in [-0.1, -0.05) is 0 Å². The molecule has 1 aliphatic heterocycles. The topological polar surface area (TPSA) is 50.7 Å². The number of nitrogens with one attached hydrogen (secondary N) is 1. The standard InChI is InChI=1S/C12H12N4/c1-2-9(6-13-4-1)12-10-7-14-5-3-11(10)15-8-16-12/h1-2,4,6,8,14H,3,5,7H2. The molecule has 0 unspecified atom stereocenters. The number of nitrogens with zero attached hydrogens (tertiary/aromatic N) is 3. The van der Waals surface area contributed by atoms with E-state index in [1.165, 1.54) is 5.56 Å². The fourth-order valence-corrected chi connectivity index (χ4v) is 2.02. The molecule has 1 N–H and O–H groups in total. The molecule has 0 bridgehead atoms. The SMILES string of the molecule is c1cncc(-c2ncnc3c2CNCC3)c1. The Kier molecular flexibility index (Phi) is 2.34. The van der Waals surface area contributed by atoms with Crippen LogP contribution in [0.2, 0.25) is 0 Å². The molecule has 0 fully saturated rings. The molecule has 3 rings (SSSR count). The van der Waals surface area contributed by atoms with Gasteiger partial charge in [-0.15, -0.1) is 0 Å². The summed E-state index contributed by atoms with van der Waals surface area (Å²) in [5.41, 5.74) is 4.43. The van der Waals surface area contributed by atoms with Crippen LogP contribution in [0.4, 0.5) is 0 Å². The van der Waals surface area contributed by atoms with E-state index in [0.717, 1.165) is 36.5 Å². The summed E-state index contributed by atoms with van der Waals surface area (Å²) in [6, 6.07) is 3.96. The molecule has 0 radical (unpaired) electrons. The molecule has 16 heavy (non-hydrogen) atoms. The molecular formula is C12H12N4. The van der Waals surface area contributed by atoms with E-state index in [9.17, 15) is 0 Å². The van der Waals surface area contributed by atoms with Crippen LogP contribution in [0, 0.1) is 0 Å². The third-order valence-electron chi connectivity index (χ3n) is 2.81. The van der Waals surface area contributed by atoms with Crippen molar-refractivity contribution in [2.24, 2.45) is 0 Å². The quantitative estimate of drug-likeness (QED) is 0.771. The Labute approximate surface area is 93.8 Å². The van der Waals surface area contributed by atoms with Crippen LogP contribution in [0.3, 0.4) is 0 Å². The van der Waals surface area contributed by atoms with Gasteiger partial charge in [-0.05, 0) is 12.1 Å². The Hall–Kier alpha value is -1.81. The van der Waals surface area contributed by atoms with Crippen molar-refractivity contribution in [1.29, 1.82) is 0 Å². The minimum absolute atomic E-state index is 0.848. The average Bonchev–Trinajstić information content (AvgIpc) is 2.39. The normalized spacial score (nSPS) is 14.5. The molecular weight excluding hydrogens is 200 g/mol. The molecule has 1 aliphatic rings. The minimum Gasteiger partial charge on any atom is -0.312 e. The molecule has 80 valence electrons. The second-order valence-electron chi connectivity index (χ2n) is 3.82. The molecule has 0 saturated carbocycles. The molecule has 4 heteroatoms. The third-order valence-corrected chi connectivity index (χ3v) is 2.81. The van der Waals surface area contributed by atoms with Crippen molar-refractivity contribution in [1.82, 2.24) is 20.3 Å². The lowest BCUT2D eigenvalue weighted by Crippen LogP contribution is -2.25. The highest BCUT2D eigenvalue weighted by molar-refractivity contribution is 5.62. The molecule has 0 atom stereocenters. The van der Waals surface area contributed by atoms with Crippen LogP contribution in [-0.4, -0.2) is 21.5 Å². The minimum atomic E-state index is 0.848. The average molecular weight is 212 g/mol. The summed E-state index contributed by atoms with van der Waals surface area (Å²) in [5.74, 6) is 0. The summed E-state index contributed by atoms with van der Waals surface area (Å²) < 4.78 is 0. The second kappa shape index (κ2) is 3.98. The van der Waals surface area contributed by atoms with Crippen LogP contribution >= 0.6 is 0 Å². The first-order chi connectivity index (χ1) is 7.95. The van der Waals surface area contributed by atoms with E-state index in [-0.39, 0.29) is 0 Å². The number of fused-ring (bicyclic) bond motifs is 1. The van der Waals surface area contributed by atoms with Gasteiger partial charge < -0.3 is 5.32 Å². The summed E-state index contributed by atoms with van der Waals surface area (Å²) in [5, 5.41) is 3.35. The molecule has 3 heterocycles. The number of hydrogen-bond donors (Lipinski definition) is 1. The third kappa shape index (κ3) is 1.57. The highest BCUT2D eigenvalue weighted by Crippen LogP contribution is 2.23. The van der Waals surface area contributed by atoms with Crippen molar-refractivity contribution in [3.05, 3.63) is 42.1 Å². The molecule has 0 aromatic carbocycles. The van der Waals surface area contributed by atoms with E-state index >= 15 is 0 Å². The van der Waals surface area contributed by atoms with E-state index < -0.39 is 0 Å². The van der Waals surface area contributed by atoms with Gasteiger partial charge in [0.15, 0.2) is 0 Å². The Morgan fingerprint density at radius 3 is 3.12 bits per heavy atom. The van der Waals surface area contributed by atoms with Crippen molar-refractivity contribution in [3.63, 3.8) is 0 Å². The number of aromatic nitrogens is 3. The van der Waals surface area contributed by atoms with Crippen LogP contribution in [0.15, 0.2) is 30.9 Å². The maximum atomic E-state index is 4.37. The van der Waals surface area contributed by atoms with Crippen LogP contribution < -0.4 is 5.32 Å². The smallest absolute Gasteiger partial charge is 0.116 e. The summed E-state index contributed by atoms with van der Waals surface area (Å²) in [7, 11) is 0. The molecule has 2 aromatic heterocycles. The number of pyridine rings is 1. The summed E-state index contributed by atoms with van der Waals surface area (Å²) in [6.07, 6.45) is 6.24. The van der Waals surface area contributed by atoms with Gasteiger partial charge in [0.05, 0.1) is 11.4 Å². The van der Waals surface area contributed by atoms with Crippen molar-refractivity contribution in [2.75, 3.05) is 6.54 Å². The Balaban J connectivity index is 2.14. The van der Waals surface area contributed by atoms with E-state index in [1.54, 1.807) is 12.5 Å². The number of rotatable bonds is 1. The zero-order valence-corrected chi connectivity index (χ0v) is 8.85. The van der Waals surface area contributed by atoms with Crippen LogP contribution in [0.25, 0.3) is 11.3 Å². The first kappa shape index (κ1) is 9.42. The van der Waals surface area contributed by atoms with Crippen molar-refractivity contribution in [2.45, 2.75) is 13.0 Å². The van der Waals surface area contributed by atoms with Gasteiger partial charge >= 0.3 is 0 Å². The van der Waals surface area contributed by atoms with Crippen LogP contribution in [0.1, 0.15) is 11.3 Å². The largest absolute Gasteiger partial charge is 0.312 e. The van der Waals surface area contributed by atoms with Crippen LogP contribution in [0.5, 0.6) is 0 Å². The van der Waals surface area contributed by atoms with E-state index in [2.05, 4.69) is 20.3 Å². The maximum Gasteiger partial charge on any atom is 0.116 e. The molecule has 0 aliphatic carbocycles. The van der Waals surface area contributed by atoms with E-state index in [4.69, 9.17) is 0 Å². The van der Waals surface area contributed by atoms with Gasteiger partial charge in [-0.3, -0.25) is 4.98 Å². The zero-order valence-electron chi connectivity index (χ0n) is 8.85. The fourth-order valence-electron chi connectivity index (χ4n) is 2.02. The van der Waals surface area contributed by atoms with E-state index in [1.807, 2.05) is 18.3 Å². The van der Waals surface area contributed by atoms with E-state index in [0.29, 0.717) is 0 Å².